The van der Waals surface area contributed by atoms with Crippen molar-refractivity contribution in [1.29, 1.82) is 0 Å². The Morgan fingerprint density at radius 2 is 1.87 bits per heavy atom. The molecule has 0 aromatic carbocycles. The fourth-order valence-electron chi connectivity index (χ4n) is 1.82. The first-order valence-corrected chi connectivity index (χ1v) is 5.60. The van der Waals surface area contributed by atoms with Crippen LogP contribution in [0.15, 0.2) is 11.4 Å². The predicted molar refractivity (Wildman–Crippen MR) is 61.0 cm³/mol. The van der Waals surface area contributed by atoms with Crippen LogP contribution in [0.5, 0.6) is 0 Å². The highest BCUT2D eigenvalue weighted by molar-refractivity contribution is 5.93. The summed E-state index contributed by atoms with van der Waals surface area (Å²) in [6.45, 7) is 1.80. The molecule has 15 heavy (non-hydrogen) atoms. The zero-order chi connectivity index (χ0) is 11.3. The molecule has 0 atom stereocenters. The maximum atomic E-state index is 11.7. The average Bonchev–Trinajstić information content (AvgIpc) is 2.28. The van der Waals surface area contributed by atoms with Gasteiger partial charge in [0.2, 0.25) is 0 Å². The van der Waals surface area contributed by atoms with Gasteiger partial charge in [0.15, 0.2) is 0 Å². The summed E-state index contributed by atoms with van der Waals surface area (Å²) < 4.78 is 0. The largest absolute Gasteiger partial charge is 0.393 e. The molecule has 4 N–H and O–H groups in total. The zero-order valence-electron chi connectivity index (χ0n) is 9.60. The molecule has 0 radical (unpaired) electrons. The van der Waals surface area contributed by atoms with Gasteiger partial charge < -0.3 is 16.4 Å². The number of nitrogens with two attached hydrogens (primary N) is 1. The van der Waals surface area contributed by atoms with Gasteiger partial charge in [-0.05, 0) is 19.8 Å². The number of rotatable bonds is 3. The molecule has 0 saturated heterocycles. The first kappa shape index (κ1) is 11.9. The molecule has 0 aliphatic heterocycles. The smallest absolute Gasteiger partial charge is 0.269 e. The minimum absolute atomic E-state index is 0.145. The number of amides is 1. The predicted octanol–water partition coefficient (Wildman–Crippen LogP) is 0.845. The number of carbonyl (C=O) groups is 1. The molecule has 1 aliphatic rings. The van der Waals surface area contributed by atoms with E-state index in [9.17, 15) is 4.79 Å². The van der Waals surface area contributed by atoms with Gasteiger partial charge in [0.25, 0.3) is 5.91 Å². The highest BCUT2D eigenvalue weighted by Gasteiger charge is 2.17. The van der Waals surface area contributed by atoms with Crippen molar-refractivity contribution in [2.24, 2.45) is 5.73 Å². The number of allylic oxidation sites excluding steroid dienone is 1. The van der Waals surface area contributed by atoms with Gasteiger partial charge in [-0.25, -0.2) is 0 Å². The van der Waals surface area contributed by atoms with Crippen molar-refractivity contribution in [3.05, 3.63) is 11.4 Å². The van der Waals surface area contributed by atoms with E-state index in [1.54, 1.807) is 14.0 Å². The van der Waals surface area contributed by atoms with Crippen molar-refractivity contribution in [2.75, 3.05) is 7.05 Å². The first-order chi connectivity index (χ1) is 7.15. The summed E-state index contributed by atoms with van der Waals surface area (Å²) in [4.78, 5) is 11.7. The lowest BCUT2D eigenvalue weighted by Gasteiger charge is -2.23. The van der Waals surface area contributed by atoms with Crippen LogP contribution < -0.4 is 16.4 Å². The molecular weight excluding hydrogens is 190 g/mol. The van der Waals surface area contributed by atoms with Crippen LogP contribution in [0, 0.1) is 0 Å². The zero-order valence-corrected chi connectivity index (χ0v) is 9.60. The van der Waals surface area contributed by atoms with Gasteiger partial charge in [0.1, 0.15) is 5.70 Å². The Morgan fingerprint density at radius 1 is 1.27 bits per heavy atom. The van der Waals surface area contributed by atoms with Crippen LogP contribution >= 0.6 is 0 Å². The lowest BCUT2D eigenvalue weighted by Crippen LogP contribution is -2.39. The average molecular weight is 211 g/mol. The van der Waals surface area contributed by atoms with Crippen LogP contribution in [-0.4, -0.2) is 19.0 Å². The molecule has 0 aromatic rings. The fourth-order valence-corrected chi connectivity index (χ4v) is 1.82. The molecule has 4 heteroatoms. The normalized spacial score (nSPS) is 19.3. The third-order valence-corrected chi connectivity index (χ3v) is 2.96. The fraction of sp³-hybridized carbons (Fsp3) is 0.727. The SMILES string of the molecule is CN/C(C)=C(/N)C(=O)NC1CCCCC1. The van der Waals surface area contributed by atoms with Crippen molar-refractivity contribution >= 4 is 5.91 Å². The van der Waals surface area contributed by atoms with E-state index in [0.717, 1.165) is 18.5 Å². The summed E-state index contributed by atoms with van der Waals surface area (Å²) >= 11 is 0. The molecule has 0 bridgehead atoms. The standard InChI is InChI=1S/C11H21N3O/c1-8(13-2)10(12)11(15)14-9-6-4-3-5-7-9/h9,13H,3-7,12H2,1-2H3,(H,14,15)/b10-8+. The molecular formula is C11H21N3O. The Balaban J connectivity index is 2.47. The van der Waals surface area contributed by atoms with E-state index < -0.39 is 0 Å². The van der Waals surface area contributed by atoms with E-state index >= 15 is 0 Å². The number of carbonyl (C=O) groups excluding carboxylic acids is 1. The number of hydrogen-bond donors (Lipinski definition) is 3. The van der Waals surface area contributed by atoms with Gasteiger partial charge in [-0.1, -0.05) is 19.3 Å². The van der Waals surface area contributed by atoms with E-state index in [-0.39, 0.29) is 5.91 Å². The van der Waals surface area contributed by atoms with Gasteiger partial charge in [0, 0.05) is 18.8 Å². The molecule has 1 saturated carbocycles. The molecule has 4 nitrogen and oxygen atoms in total. The van der Waals surface area contributed by atoms with Crippen LogP contribution in [0.3, 0.4) is 0 Å². The molecule has 1 aliphatic carbocycles. The van der Waals surface area contributed by atoms with E-state index in [1.807, 2.05) is 0 Å². The van der Waals surface area contributed by atoms with Gasteiger partial charge >= 0.3 is 0 Å². The van der Waals surface area contributed by atoms with E-state index in [4.69, 9.17) is 5.73 Å². The van der Waals surface area contributed by atoms with E-state index in [2.05, 4.69) is 10.6 Å². The van der Waals surface area contributed by atoms with Gasteiger partial charge in [-0.15, -0.1) is 0 Å². The number of nitrogens with one attached hydrogen (secondary N) is 2. The Morgan fingerprint density at radius 3 is 2.40 bits per heavy atom. The topological polar surface area (TPSA) is 67.1 Å². The Kier molecular flexibility index (Phi) is 4.46. The lowest BCUT2D eigenvalue weighted by molar-refractivity contribution is -0.118. The molecule has 0 unspecified atom stereocenters. The first-order valence-electron chi connectivity index (χ1n) is 5.60. The van der Waals surface area contributed by atoms with Gasteiger partial charge in [-0.3, -0.25) is 4.79 Å². The second-order valence-corrected chi connectivity index (χ2v) is 4.10. The minimum atomic E-state index is -0.145. The highest BCUT2D eigenvalue weighted by Crippen LogP contribution is 2.17. The molecule has 1 rings (SSSR count). The molecule has 86 valence electrons. The second-order valence-electron chi connectivity index (χ2n) is 4.10. The van der Waals surface area contributed by atoms with Crippen LogP contribution in [0.4, 0.5) is 0 Å². The lowest BCUT2D eigenvalue weighted by atomic mass is 9.95. The van der Waals surface area contributed by atoms with Crippen molar-refractivity contribution in [2.45, 2.75) is 45.1 Å². The maximum absolute atomic E-state index is 11.7. The van der Waals surface area contributed by atoms with Crippen molar-refractivity contribution < 1.29 is 4.79 Å². The summed E-state index contributed by atoms with van der Waals surface area (Å²) in [5.41, 5.74) is 6.71. The van der Waals surface area contributed by atoms with Gasteiger partial charge in [0.05, 0.1) is 0 Å². The summed E-state index contributed by atoms with van der Waals surface area (Å²) in [6.07, 6.45) is 5.86. The van der Waals surface area contributed by atoms with Gasteiger partial charge in [-0.2, -0.15) is 0 Å². The molecule has 0 aromatic heterocycles. The Hall–Kier alpha value is -1.19. The van der Waals surface area contributed by atoms with Crippen molar-refractivity contribution in [3.63, 3.8) is 0 Å². The minimum Gasteiger partial charge on any atom is -0.393 e. The molecule has 1 fully saturated rings. The van der Waals surface area contributed by atoms with Crippen LogP contribution in [0.1, 0.15) is 39.0 Å². The third-order valence-electron chi connectivity index (χ3n) is 2.96. The second kappa shape index (κ2) is 5.63. The molecule has 0 heterocycles. The van der Waals surface area contributed by atoms with Crippen molar-refractivity contribution in [3.8, 4) is 0 Å². The summed E-state index contributed by atoms with van der Waals surface area (Å²) in [7, 11) is 1.76. The molecule has 0 spiro atoms. The summed E-state index contributed by atoms with van der Waals surface area (Å²) in [6, 6.07) is 0.314. The Labute approximate surface area is 91.3 Å². The quantitative estimate of drug-likeness (QED) is 0.606. The summed E-state index contributed by atoms with van der Waals surface area (Å²) in [5.74, 6) is -0.145. The Bertz CT molecular complexity index is 255. The van der Waals surface area contributed by atoms with Crippen molar-refractivity contribution in [1.82, 2.24) is 10.6 Å². The summed E-state index contributed by atoms with van der Waals surface area (Å²) in [5, 5.41) is 5.85. The van der Waals surface area contributed by atoms with Crippen LogP contribution in [-0.2, 0) is 4.79 Å². The monoisotopic (exact) mass is 211 g/mol. The van der Waals surface area contributed by atoms with E-state index in [1.165, 1.54) is 19.3 Å². The molecule has 1 amide bonds. The third kappa shape index (κ3) is 3.46. The van der Waals surface area contributed by atoms with Crippen LogP contribution in [0.25, 0.3) is 0 Å². The number of hydrogen-bond acceptors (Lipinski definition) is 3. The maximum Gasteiger partial charge on any atom is 0.269 e. The van der Waals surface area contributed by atoms with E-state index in [0.29, 0.717) is 11.7 Å². The highest BCUT2D eigenvalue weighted by atomic mass is 16.2. The van der Waals surface area contributed by atoms with Crippen LogP contribution in [0.2, 0.25) is 0 Å².